The van der Waals surface area contributed by atoms with Crippen LogP contribution in [0.5, 0.6) is 0 Å². The van der Waals surface area contributed by atoms with Crippen LogP contribution in [0.3, 0.4) is 0 Å². The molecular weight excluding hydrogens is 623 g/mol. The van der Waals surface area contributed by atoms with Crippen LogP contribution in [0, 0.1) is 6.92 Å². The zero-order valence-electron chi connectivity index (χ0n) is 23.9. The third-order valence-corrected chi connectivity index (χ3v) is 7.54. The number of methoxy groups -OCH3 is 1. The minimum absolute atomic E-state index is 0. The third-order valence-electron chi connectivity index (χ3n) is 7.54. The summed E-state index contributed by atoms with van der Waals surface area (Å²) in [6, 6.07) is 7.66. The van der Waals surface area contributed by atoms with E-state index in [4.69, 9.17) is 9.47 Å². The number of rotatable bonds is 8. The number of hydrogen-bond acceptors (Lipinski definition) is 5. The van der Waals surface area contributed by atoms with Crippen LogP contribution in [0.4, 0.5) is 26.3 Å². The molecule has 0 saturated carbocycles. The van der Waals surface area contributed by atoms with Crippen molar-refractivity contribution < 1.29 is 40.6 Å². The number of hydrogen-bond donors (Lipinski definition) is 0. The van der Waals surface area contributed by atoms with Crippen molar-refractivity contribution in [2.75, 3.05) is 66.1 Å². The summed E-state index contributed by atoms with van der Waals surface area (Å²) in [5.41, 5.74) is -0.787. The van der Waals surface area contributed by atoms with Crippen LogP contribution < -0.4 is 0 Å². The molecule has 2 aromatic rings. The zero-order valence-corrected chi connectivity index (χ0v) is 25.6. The molecule has 2 aliphatic rings. The molecule has 0 aromatic heterocycles. The second kappa shape index (κ2) is 15.8. The van der Waals surface area contributed by atoms with Crippen molar-refractivity contribution in [1.29, 1.82) is 0 Å². The van der Waals surface area contributed by atoms with Gasteiger partial charge >= 0.3 is 12.4 Å². The summed E-state index contributed by atoms with van der Waals surface area (Å²) in [5.74, 6) is -0.522. The van der Waals surface area contributed by atoms with Gasteiger partial charge in [-0.15, -0.1) is 24.8 Å². The summed E-state index contributed by atoms with van der Waals surface area (Å²) in [4.78, 5) is 19.6. The maximum Gasteiger partial charge on any atom is 0.416 e. The number of ether oxygens (including phenoxy) is 2. The summed E-state index contributed by atoms with van der Waals surface area (Å²) in [6.45, 7) is 6.84. The number of benzene rings is 2. The maximum absolute atomic E-state index is 13.6. The van der Waals surface area contributed by atoms with Gasteiger partial charge in [-0.25, -0.2) is 0 Å². The Hall–Kier alpha value is -2.09. The van der Waals surface area contributed by atoms with Crippen LogP contribution in [-0.4, -0.2) is 98.9 Å². The number of halogens is 8. The lowest BCUT2D eigenvalue weighted by Gasteiger charge is -2.43. The van der Waals surface area contributed by atoms with Gasteiger partial charge in [0.25, 0.3) is 5.91 Å². The smallest absolute Gasteiger partial charge is 0.382 e. The topological polar surface area (TPSA) is 45.2 Å². The molecule has 2 aromatic carbocycles. The quantitative estimate of drug-likeness (QED) is 0.346. The van der Waals surface area contributed by atoms with Gasteiger partial charge in [-0.05, 0) is 54.8 Å². The molecule has 0 spiro atoms. The molecule has 0 N–H and O–H groups in total. The second-order valence-electron chi connectivity index (χ2n) is 10.7. The van der Waals surface area contributed by atoms with Crippen molar-refractivity contribution in [3.8, 4) is 0 Å². The van der Waals surface area contributed by atoms with Gasteiger partial charge in [0.15, 0.2) is 0 Å². The Morgan fingerprint density at radius 3 is 2.12 bits per heavy atom. The molecule has 0 aliphatic carbocycles. The van der Waals surface area contributed by atoms with Gasteiger partial charge < -0.3 is 14.4 Å². The summed E-state index contributed by atoms with van der Waals surface area (Å²) in [7, 11) is 1.63. The van der Waals surface area contributed by atoms with E-state index in [-0.39, 0.29) is 49.4 Å². The minimum atomic E-state index is -4.60. The standard InChI is InChI=1S/C29H35F6N3O3.2ClH/c1-20-13-22(16-24(14-20)29(33,34)35)27(39)38-10-9-36(7-8-37-11-12-41-26(18-37)19-40-2)17-25(38)15-21-3-5-23(6-4-21)28(30,31)32;;/h3-6,13-14,16,25-26H,7-12,15,17-19H2,1-2H3;2*1H/t25-,26+;;/m1../s1. The minimum Gasteiger partial charge on any atom is -0.382 e. The monoisotopic (exact) mass is 659 g/mol. The number of morpholine rings is 1. The summed E-state index contributed by atoms with van der Waals surface area (Å²) >= 11 is 0. The van der Waals surface area contributed by atoms with Gasteiger partial charge in [-0.2, -0.15) is 26.3 Å². The first-order chi connectivity index (χ1) is 19.3. The Labute approximate surface area is 260 Å². The predicted molar refractivity (Wildman–Crippen MR) is 155 cm³/mol. The number of nitrogens with zero attached hydrogens (tertiary/aromatic N) is 3. The normalized spacial score (nSPS) is 20.3. The van der Waals surface area contributed by atoms with Crippen molar-refractivity contribution in [2.45, 2.75) is 37.8 Å². The Morgan fingerprint density at radius 1 is 0.884 bits per heavy atom. The molecule has 43 heavy (non-hydrogen) atoms. The highest BCUT2D eigenvalue weighted by atomic mass is 35.5. The number of carbonyl (C=O) groups is 1. The highest BCUT2D eigenvalue weighted by Crippen LogP contribution is 2.32. The van der Waals surface area contributed by atoms with E-state index in [2.05, 4.69) is 9.80 Å². The van der Waals surface area contributed by atoms with Crippen LogP contribution in [0.25, 0.3) is 0 Å². The van der Waals surface area contributed by atoms with Gasteiger partial charge in [-0.1, -0.05) is 12.1 Å². The Morgan fingerprint density at radius 2 is 1.51 bits per heavy atom. The van der Waals surface area contributed by atoms with Crippen LogP contribution >= 0.6 is 24.8 Å². The molecule has 14 heteroatoms. The average molecular weight is 661 g/mol. The lowest BCUT2D eigenvalue weighted by Crippen LogP contribution is -2.57. The molecule has 6 nitrogen and oxygen atoms in total. The van der Waals surface area contributed by atoms with Crippen molar-refractivity contribution >= 4 is 30.7 Å². The SMILES string of the molecule is COC[C@@H]1CN(CCN2CCN(C(=O)c3cc(C)cc(C(F)(F)F)c3)[C@H](Cc3ccc(C(F)(F)F)cc3)C2)CCO1.Cl.Cl. The van der Waals surface area contributed by atoms with E-state index in [1.165, 1.54) is 25.1 Å². The van der Waals surface area contributed by atoms with E-state index in [9.17, 15) is 31.1 Å². The molecule has 0 radical (unpaired) electrons. The average Bonchev–Trinajstić information content (AvgIpc) is 2.91. The van der Waals surface area contributed by atoms with Crippen molar-refractivity contribution in [1.82, 2.24) is 14.7 Å². The molecule has 2 aliphatic heterocycles. The molecule has 1 amide bonds. The highest BCUT2D eigenvalue weighted by Gasteiger charge is 2.35. The number of piperazine rings is 1. The lowest BCUT2D eigenvalue weighted by atomic mass is 9.98. The lowest BCUT2D eigenvalue weighted by molar-refractivity contribution is -0.138. The van der Waals surface area contributed by atoms with Crippen LogP contribution in [-0.2, 0) is 28.2 Å². The fourth-order valence-corrected chi connectivity index (χ4v) is 5.46. The van der Waals surface area contributed by atoms with Gasteiger partial charge in [-0.3, -0.25) is 14.6 Å². The molecule has 0 bridgehead atoms. The Balaban J connectivity index is 0.00000323. The number of amides is 1. The first kappa shape index (κ1) is 37.1. The highest BCUT2D eigenvalue weighted by molar-refractivity contribution is 5.95. The largest absolute Gasteiger partial charge is 0.416 e. The first-order valence-electron chi connectivity index (χ1n) is 13.5. The van der Waals surface area contributed by atoms with Crippen LogP contribution in [0.2, 0.25) is 0 Å². The summed E-state index contributed by atoms with van der Waals surface area (Å²) in [5, 5.41) is 0. The summed E-state index contributed by atoms with van der Waals surface area (Å²) < 4.78 is 90.5. The Kier molecular flexibility index (Phi) is 13.6. The fourth-order valence-electron chi connectivity index (χ4n) is 5.46. The maximum atomic E-state index is 13.6. The van der Waals surface area contributed by atoms with E-state index < -0.39 is 35.4 Å². The molecule has 4 rings (SSSR count). The van der Waals surface area contributed by atoms with Gasteiger partial charge in [0.05, 0.1) is 30.4 Å². The zero-order chi connectivity index (χ0) is 29.8. The molecule has 2 heterocycles. The van der Waals surface area contributed by atoms with Crippen molar-refractivity contribution in [2.24, 2.45) is 0 Å². The molecular formula is C29H37Cl2F6N3O3. The van der Waals surface area contributed by atoms with Crippen LogP contribution in [0.1, 0.15) is 32.6 Å². The van der Waals surface area contributed by atoms with E-state index in [1.807, 2.05) is 0 Å². The molecule has 242 valence electrons. The van der Waals surface area contributed by atoms with E-state index >= 15 is 0 Å². The Bertz CT molecular complexity index is 1180. The molecule has 0 unspecified atom stereocenters. The van der Waals surface area contributed by atoms with Crippen molar-refractivity contribution in [3.05, 3.63) is 70.3 Å². The fraction of sp³-hybridized carbons (Fsp3) is 0.552. The number of aryl methyl sites for hydroxylation is 1. The van der Waals surface area contributed by atoms with Gasteiger partial charge in [0, 0.05) is 64.5 Å². The third kappa shape index (κ3) is 10.2. The molecule has 2 saturated heterocycles. The molecule has 2 fully saturated rings. The predicted octanol–water partition coefficient (Wildman–Crippen LogP) is 5.59. The number of carbonyl (C=O) groups excluding carboxylic acids is 1. The van der Waals surface area contributed by atoms with E-state index in [0.717, 1.165) is 43.9 Å². The molecule has 2 atom stereocenters. The van der Waals surface area contributed by atoms with E-state index in [0.29, 0.717) is 44.0 Å². The van der Waals surface area contributed by atoms with E-state index in [1.54, 1.807) is 12.0 Å². The van der Waals surface area contributed by atoms with Gasteiger partial charge in [0.1, 0.15) is 0 Å². The van der Waals surface area contributed by atoms with Gasteiger partial charge in [0.2, 0.25) is 0 Å². The van der Waals surface area contributed by atoms with Crippen LogP contribution in [0.15, 0.2) is 42.5 Å². The van der Waals surface area contributed by atoms with Crippen molar-refractivity contribution in [3.63, 3.8) is 0 Å². The summed E-state index contributed by atoms with van der Waals surface area (Å²) in [6.07, 6.45) is -8.80. The first-order valence-corrected chi connectivity index (χ1v) is 13.5. The second-order valence-corrected chi connectivity index (χ2v) is 10.7. The number of alkyl halides is 6.